The van der Waals surface area contributed by atoms with Gasteiger partial charge in [-0.2, -0.15) is 0 Å². The van der Waals surface area contributed by atoms with Crippen LogP contribution < -0.4 is 0 Å². The summed E-state index contributed by atoms with van der Waals surface area (Å²) in [7, 11) is 0. The highest BCUT2D eigenvalue weighted by Gasteiger charge is 2.30. The summed E-state index contributed by atoms with van der Waals surface area (Å²) in [5.41, 5.74) is 0.250. The lowest BCUT2D eigenvalue weighted by Crippen LogP contribution is -2.53. The van der Waals surface area contributed by atoms with E-state index in [4.69, 9.17) is 0 Å². The summed E-state index contributed by atoms with van der Waals surface area (Å²) in [4.78, 5) is 40.2. The number of carbonyl (C=O) groups is 3. The molecule has 130 valence electrons. The van der Waals surface area contributed by atoms with Crippen molar-refractivity contribution in [2.75, 3.05) is 26.2 Å². The Morgan fingerprint density at radius 2 is 1.42 bits per heavy atom. The number of benzene rings is 1. The van der Waals surface area contributed by atoms with E-state index in [1.807, 2.05) is 43.9 Å². The van der Waals surface area contributed by atoms with Crippen LogP contribution in [0.2, 0.25) is 0 Å². The lowest BCUT2D eigenvalue weighted by atomic mass is 9.94. The molecule has 1 aliphatic rings. The van der Waals surface area contributed by atoms with Gasteiger partial charge in [0.15, 0.2) is 5.78 Å². The maximum atomic E-state index is 12.3. The van der Waals surface area contributed by atoms with Crippen LogP contribution in [0.15, 0.2) is 30.3 Å². The summed E-state index contributed by atoms with van der Waals surface area (Å²) in [6, 6.07) is 9.04. The highest BCUT2D eigenvalue weighted by atomic mass is 16.2. The van der Waals surface area contributed by atoms with E-state index in [2.05, 4.69) is 0 Å². The van der Waals surface area contributed by atoms with Crippen molar-refractivity contribution in [1.29, 1.82) is 0 Å². The molecule has 0 bridgehead atoms. The number of amides is 2. The fourth-order valence-corrected chi connectivity index (χ4v) is 2.78. The van der Waals surface area contributed by atoms with Gasteiger partial charge in [0, 0.05) is 50.0 Å². The minimum absolute atomic E-state index is 0.00880. The van der Waals surface area contributed by atoms with Crippen molar-refractivity contribution in [3.63, 3.8) is 0 Å². The molecule has 1 aromatic carbocycles. The molecule has 2 rings (SSSR count). The molecule has 1 fully saturated rings. The fraction of sp³-hybridized carbons (Fsp3) is 0.526. The number of hydrogen-bond donors (Lipinski definition) is 0. The number of carbonyl (C=O) groups excluding carboxylic acids is 3. The number of rotatable bonds is 4. The second-order valence-corrected chi connectivity index (χ2v) is 7.21. The van der Waals surface area contributed by atoms with Gasteiger partial charge in [-0.25, -0.2) is 0 Å². The minimum atomic E-state index is -0.395. The predicted octanol–water partition coefficient (Wildman–Crippen LogP) is 2.37. The topological polar surface area (TPSA) is 57.7 Å². The Kier molecular flexibility index (Phi) is 5.75. The zero-order valence-electron chi connectivity index (χ0n) is 14.7. The van der Waals surface area contributed by atoms with Gasteiger partial charge in [0.25, 0.3) is 0 Å². The van der Waals surface area contributed by atoms with Crippen LogP contribution in [0, 0.1) is 5.41 Å². The summed E-state index contributed by atoms with van der Waals surface area (Å²) in [5, 5.41) is 0. The van der Waals surface area contributed by atoms with E-state index in [0.717, 1.165) is 0 Å². The minimum Gasteiger partial charge on any atom is -0.339 e. The summed E-state index contributed by atoms with van der Waals surface area (Å²) < 4.78 is 0. The number of piperazine rings is 1. The first-order valence-corrected chi connectivity index (χ1v) is 8.44. The Morgan fingerprint density at radius 1 is 0.875 bits per heavy atom. The van der Waals surface area contributed by atoms with Crippen LogP contribution in [0.3, 0.4) is 0 Å². The second kappa shape index (κ2) is 7.60. The maximum absolute atomic E-state index is 12.3. The molecule has 1 saturated heterocycles. The number of ketones is 1. The molecule has 0 aliphatic carbocycles. The van der Waals surface area contributed by atoms with Crippen LogP contribution in [0.1, 0.15) is 44.0 Å². The van der Waals surface area contributed by atoms with E-state index in [-0.39, 0.29) is 30.4 Å². The van der Waals surface area contributed by atoms with Gasteiger partial charge in [-0.1, -0.05) is 51.1 Å². The van der Waals surface area contributed by atoms with Crippen LogP contribution in [0.25, 0.3) is 0 Å². The lowest BCUT2D eigenvalue weighted by Gasteiger charge is -2.37. The van der Waals surface area contributed by atoms with Crippen molar-refractivity contribution in [3.05, 3.63) is 35.9 Å². The molecule has 1 heterocycles. The van der Waals surface area contributed by atoms with Crippen molar-refractivity contribution in [3.8, 4) is 0 Å². The smallest absolute Gasteiger partial charge is 0.228 e. The number of Topliss-reactive ketones (excluding diaryl/α,β-unsaturated/α-hetero) is 1. The summed E-state index contributed by atoms with van der Waals surface area (Å²) >= 11 is 0. The highest BCUT2D eigenvalue weighted by molar-refractivity contribution is 5.97. The summed E-state index contributed by atoms with van der Waals surface area (Å²) in [6.07, 6.45) is 0.449. The zero-order chi connectivity index (χ0) is 17.7. The van der Waals surface area contributed by atoms with E-state index in [0.29, 0.717) is 31.7 Å². The van der Waals surface area contributed by atoms with Crippen LogP contribution in [-0.2, 0) is 9.59 Å². The first kappa shape index (κ1) is 18.2. The first-order valence-electron chi connectivity index (χ1n) is 8.44. The van der Waals surface area contributed by atoms with E-state index in [1.54, 1.807) is 17.0 Å². The Bertz CT molecular complexity index is 597. The summed E-state index contributed by atoms with van der Waals surface area (Å²) in [5.74, 6) is 0.0986. The standard InChI is InChI=1S/C19H26N2O3/c1-19(2,3)18(24)21-13-11-20(12-14-21)17(23)10-9-16(22)15-7-5-4-6-8-15/h4-8H,9-14H2,1-3H3. The van der Waals surface area contributed by atoms with Gasteiger partial charge in [0.05, 0.1) is 0 Å². The van der Waals surface area contributed by atoms with E-state index < -0.39 is 5.41 Å². The molecule has 2 amide bonds. The van der Waals surface area contributed by atoms with E-state index in [9.17, 15) is 14.4 Å². The third kappa shape index (κ3) is 4.66. The third-order valence-electron chi connectivity index (χ3n) is 4.22. The Morgan fingerprint density at radius 3 is 1.96 bits per heavy atom. The quantitative estimate of drug-likeness (QED) is 0.796. The van der Waals surface area contributed by atoms with E-state index >= 15 is 0 Å². The van der Waals surface area contributed by atoms with Gasteiger partial charge in [-0.05, 0) is 0 Å². The van der Waals surface area contributed by atoms with Gasteiger partial charge >= 0.3 is 0 Å². The third-order valence-corrected chi connectivity index (χ3v) is 4.22. The largest absolute Gasteiger partial charge is 0.339 e. The molecular weight excluding hydrogens is 304 g/mol. The van der Waals surface area contributed by atoms with Crippen molar-refractivity contribution in [1.82, 2.24) is 9.80 Å². The van der Waals surface area contributed by atoms with Crippen molar-refractivity contribution in [2.24, 2.45) is 5.41 Å². The van der Waals surface area contributed by atoms with Crippen molar-refractivity contribution in [2.45, 2.75) is 33.6 Å². The predicted molar refractivity (Wildman–Crippen MR) is 92.6 cm³/mol. The molecule has 5 nitrogen and oxygen atoms in total. The SMILES string of the molecule is CC(C)(C)C(=O)N1CCN(C(=O)CCC(=O)c2ccccc2)CC1. The Labute approximate surface area is 143 Å². The van der Waals surface area contributed by atoms with Crippen molar-refractivity contribution >= 4 is 17.6 Å². The molecule has 0 radical (unpaired) electrons. The van der Waals surface area contributed by atoms with Crippen LogP contribution in [-0.4, -0.2) is 53.6 Å². The molecule has 24 heavy (non-hydrogen) atoms. The fourth-order valence-electron chi connectivity index (χ4n) is 2.78. The average Bonchev–Trinajstić information content (AvgIpc) is 2.58. The number of hydrogen-bond acceptors (Lipinski definition) is 3. The van der Waals surface area contributed by atoms with Gasteiger partial charge in [-0.15, -0.1) is 0 Å². The molecule has 0 N–H and O–H groups in total. The molecule has 1 aromatic rings. The average molecular weight is 330 g/mol. The van der Waals surface area contributed by atoms with Gasteiger partial charge < -0.3 is 9.80 Å². The van der Waals surface area contributed by atoms with Crippen LogP contribution >= 0.6 is 0 Å². The Hall–Kier alpha value is -2.17. The molecular formula is C19H26N2O3. The molecule has 0 atom stereocenters. The van der Waals surface area contributed by atoms with Gasteiger partial charge in [0.1, 0.15) is 0 Å². The van der Waals surface area contributed by atoms with Crippen LogP contribution in [0.5, 0.6) is 0 Å². The molecule has 1 aliphatic heterocycles. The summed E-state index contributed by atoms with van der Waals surface area (Å²) in [6.45, 7) is 7.93. The van der Waals surface area contributed by atoms with Crippen molar-refractivity contribution < 1.29 is 14.4 Å². The van der Waals surface area contributed by atoms with Crippen LogP contribution in [0.4, 0.5) is 0 Å². The van der Waals surface area contributed by atoms with E-state index in [1.165, 1.54) is 0 Å². The molecule has 5 heteroatoms. The monoisotopic (exact) mass is 330 g/mol. The maximum Gasteiger partial charge on any atom is 0.228 e. The number of nitrogens with zero attached hydrogens (tertiary/aromatic N) is 2. The first-order chi connectivity index (χ1) is 11.3. The molecule has 0 spiro atoms. The zero-order valence-corrected chi connectivity index (χ0v) is 14.7. The van der Waals surface area contributed by atoms with Gasteiger partial charge in [-0.3, -0.25) is 14.4 Å². The van der Waals surface area contributed by atoms with Gasteiger partial charge in [0.2, 0.25) is 11.8 Å². The molecule has 0 saturated carbocycles. The highest BCUT2D eigenvalue weighted by Crippen LogP contribution is 2.19. The normalized spacial score (nSPS) is 15.3. The second-order valence-electron chi connectivity index (χ2n) is 7.21. The Balaban J connectivity index is 1.79. The lowest BCUT2D eigenvalue weighted by molar-refractivity contribution is -0.144. The molecule has 0 unspecified atom stereocenters. The molecule has 0 aromatic heterocycles.